The molecule has 0 unspecified atom stereocenters. The molecule has 2 amide bonds. The minimum absolute atomic E-state index is 0.158. The largest absolute Gasteiger partial charge is 0.493 e. The lowest BCUT2D eigenvalue weighted by Gasteiger charge is -2.11. The average molecular weight is 441 g/mol. The van der Waals surface area contributed by atoms with Crippen LogP contribution in [-0.2, 0) is 11.2 Å². The first-order valence-corrected chi connectivity index (χ1v) is 10.6. The predicted octanol–water partition coefficient (Wildman–Crippen LogP) is 4.00. The molecule has 3 rings (SSSR count). The Hall–Kier alpha value is -3.39. The highest BCUT2D eigenvalue weighted by Gasteiger charge is 2.13. The van der Waals surface area contributed by atoms with Crippen LogP contribution in [-0.4, -0.2) is 38.3 Å². The van der Waals surface area contributed by atoms with E-state index in [4.69, 9.17) is 13.9 Å². The van der Waals surface area contributed by atoms with E-state index in [1.165, 1.54) is 18.9 Å². The number of rotatable bonds is 10. The van der Waals surface area contributed by atoms with Crippen LogP contribution in [0.4, 0.5) is 5.69 Å². The Kier molecular flexibility index (Phi) is 8.00. The summed E-state index contributed by atoms with van der Waals surface area (Å²) >= 11 is 1.30. The second-order valence-corrected chi connectivity index (χ2v) is 7.51. The highest BCUT2D eigenvalue weighted by atomic mass is 32.2. The van der Waals surface area contributed by atoms with Gasteiger partial charge in [0.05, 0.1) is 31.8 Å². The van der Waals surface area contributed by atoms with Gasteiger partial charge in [-0.15, -0.1) is 11.8 Å². The number of nitrogens with one attached hydrogen (secondary N) is 2. The molecule has 2 N–H and O–H groups in total. The van der Waals surface area contributed by atoms with Crippen LogP contribution in [0, 0.1) is 0 Å². The highest BCUT2D eigenvalue weighted by molar-refractivity contribution is 8.00. The Balaban J connectivity index is 1.55. The van der Waals surface area contributed by atoms with Crippen LogP contribution in [0.2, 0.25) is 0 Å². The monoisotopic (exact) mass is 440 g/mol. The molecule has 1 heterocycles. The number of furan rings is 1. The van der Waals surface area contributed by atoms with Gasteiger partial charge >= 0.3 is 0 Å². The lowest BCUT2D eigenvalue weighted by Crippen LogP contribution is -2.26. The van der Waals surface area contributed by atoms with Crippen LogP contribution in [0.5, 0.6) is 11.5 Å². The van der Waals surface area contributed by atoms with Crippen molar-refractivity contribution in [3.05, 3.63) is 72.2 Å². The van der Waals surface area contributed by atoms with Crippen LogP contribution in [0.15, 0.2) is 70.2 Å². The van der Waals surface area contributed by atoms with E-state index in [-0.39, 0.29) is 17.6 Å². The van der Waals surface area contributed by atoms with E-state index >= 15 is 0 Å². The van der Waals surface area contributed by atoms with Gasteiger partial charge in [0.15, 0.2) is 11.5 Å². The van der Waals surface area contributed by atoms with Crippen molar-refractivity contribution in [3.8, 4) is 11.5 Å². The van der Waals surface area contributed by atoms with Crippen molar-refractivity contribution in [3.63, 3.8) is 0 Å². The molecule has 0 bridgehead atoms. The van der Waals surface area contributed by atoms with Gasteiger partial charge < -0.3 is 24.5 Å². The predicted molar refractivity (Wildman–Crippen MR) is 120 cm³/mol. The molecule has 0 aliphatic rings. The number of amides is 2. The Morgan fingerprint density at radius 1 is 1.00 bits per heavy atom. The number of thioether (sulfide) groups is 1. The first kappa shape index (κ1) is 22.3. The molecule has 162 valence electrons. The summed E-state index contributed by atoms with van der Waals surface area (Å²) in [7, 11) is 3.09. The number of benzene rings is 2. The molecule has 8 heteroatoms. The van der Waals surface area contributed by atoms with Gasteiger partial charge in [-0.05, 0) is 36.4 Å². The number of carbonyl (C=O) groups excluding carboxylic acids is 2. The van der Waals surface area contributed by atoms with E-state index in [1.54, 1.807) is 43.7 Å². The molecule has 0 saturated carbocycles. The van der Waals surface area contributed by atoms with E-state index in [9.17, 15) is 9.59 Å². The topological polar surface area (TPSA) is 89.8 Å². The molecular formula is C23H24N2O5S. The molecule has 7 nitrogen and oxygen atoms in total. The van der Waals surface area contributed by atoms with Crippen molar-refractivity contribution in [2.24, 2.45) is 0 Å². The molecular weight excluding hydrogens is 416 g/mol. The molecule has 3 aromatic rings. The molecule has 0 fully saturated rings. The Morgan fingerprint density at radius 3 is 2.55 bits per heavy atom. The summed E-state index contributed by atoms with van der Waals surface area (Å²) in [6, 6.07) is 16.1. The minimum atomic E-state index is -0.190. The summed E-state index contributed by atoms with van der Waals surface area (Å²) in [4.78, 5) is 25.7. The van der Waals surface area contributed by atoms with Gasteiger partial charge in [0.1, 0.15) is 5.76 Å². The summed E-state index contributed by atoms with van der Waals surface area (Å²) in [5, 5.41) is 5.72. The van der Waals surface area contributed by atoms with Gasteiger partial charge in [0, 0.05) is 29.6 Å². The lowest BCUT2D eigenvalue weighted by molar-refractivity contribution is -0.113. The second-order valence-electron chi connectivity index (χ2n) is 6.49. The van der Waals surface area contributed by atoms with Crippen LogP contribution in [0.25, 0.3) is 0 Å². The molecule has 0 atom stereocenters. The maximum Gasteiger partial charge on any atom is 0.252 e. The van der Waals surface area contributed by atoms with Crippen molar-refractivity contribution in [2.45, 2.75) is 11.3 Å². The fraction of sp³-hybridized carbons (Fsp3) is 0.217. The molecule has 0 spiro atoms. The summed E-state index contributed by atoms with van der Waals surface area (Å²) in [5.41, 5.74) is 1.14. The van der Waals surface area contributed by atoms with Crippen LogP contribution < -0.4 is 20.1 Å². The van der Waals surface area contributed by atoms with Crippen molar-refractivity contribution < 1.29 is 23.5 Å². The van der Waals surface area contributed by atoms with Gasteiger partial charge in [-0.25, -0.2) is 0 Å². The number of anilines is 1. The van der Waals surface area contributed by atoms with E-state index in [0.29, 0.717) is 35.7 Å². The van der Waals surface area contributed by atoms with Gasteiger partial charge in [0.25, 0.3) is 5.91 Å². The zero-order chi connectivity index (χ0) is 22.1. The van der Waals surface area contributed by atoms with Gasteiger partial charge in [-0.1, -0.05) is 12.1 Å². The highest BCUT2D eigenvalue weighted by Crippen LogP contribution is 2.30. The number of hydrogen-bond donors (Lipinski definition) is 2. The van der Waals surface area contributed by atoms with Crippen LogP contribution >= 0.6 is 11.8 Å². The number of ether oxygens (including phenoxy) is 2. The standard InChI is InChI=1S/C23H24N2O5S/c1-28-19-10-9-16(14-20(19)29-2)25-22(26)15-31-21-8-4-3-7-18(21)23(27)24-12-11-17-6-5-13-30-17/h3-10,13-14H,11-12,15H2,1-2H3,(H,24,27)(H,25,26). The number of carbonyl (C=O) groups is 2. The van der Waals surface area contributed by atoms with Crippen molar-refractivity contribution in [1.82, 2.24) is 5.32 Å². The zero-order valence-electron chi connectivity index (χ0n) is 17.3. The van der Waals surface area contributed by atoms with E-state index in [2.05, 4.69) is 10.6 Å². The third kappa shape index (κ3) is 6.29. The fourth-order valence-corrected chi connectivity index (χ4v) is 3.73. The van der Waals surface area contributed by atoms with E-state index in [1.807, 2.05) is 24.3 Å². The minimum Gasteiger partial charge on any atom is -0.493 e. The summed E-state index contributed by atoms with van der Waals surface area (Å²) in [6.45, 7) is 0.463. The maximum atomic E-state index is 12.6. The Bertz CT molecular complexity index is 1020. The first-order valence-electron chi connectivity index (χ1n) is 9.65. The first-order chi connectivity index (χ1) is 15.1. The van der Waals surface area contributed by atoms with Crippen LogP contribution in [0.3, 0.4) is 0 Å². The smallest absolute Gasteiger partial charge is 0.252 e. The normalized spacial score (nSPS) is 10.4. The molecule has 0 saturated heterocycles. The second kappa shape index (κ2) is 11.1. The van der Waals surface area contributed by atoms with Gasteiger partial charge in [-0.3, -0.25) is 9.59 Å². The Labute approximate surface area is 185 Å². The van der Waals surface area contributed by atoms with Gasteiger partial charge in [0.2, 0.25) is 5.91 Å². The third-order valence-electron chi connectivity index (χ3n) is 4.39. The zero-order valence-corrected chi connectivity index (χ0v) is 18.2. The number of methoxy groups -OCH3 is 2. The molecule has 31 heavy (non-hydrogen) atoms. The maximum absolute atomic E-state index is 12.6. The molecule has 1 aromatic heterocycles. The summed E-state index contributed by atoms with van der Waals surface area (Å²) in [5.74, 6) is 1.71. The van der Waals surface area contributed by atoms with Crippen molar-refractivity contribution >= 4 is 29.3 Å². The van der Waals surface area contributed by atoms with E-state index < -0.39 is 0 Å². The lowest BCUT2D eigenvalue weighted by atomic mass is 10.2. The summed E-state index contributed by atoms with van der Waals surface area (Å²) in [6.07, 6.45) is 2.22. The molecule has 2 aromatic carbocycles. The number of hydrogen-bond acceptors (Lipinski definition) is 6. The van der Waals surface area contributed by atoms with Crippen molar-refractivity contribution in [1.29, 1.82) is 0 Å². The molecule has 0 aliphatic carbocycles. The fourth-order valence-electron chi connectivity index (χ4n) is 2.88. The summed E-state index contributed by atoms with van der Waals surface area (Å²) < 4.78 is 15.7. The third-order valence-corrected chi connectivity index (χ3v) is 5.47. The quantitative estimate of drug-likeness (QED) is 0.463. The SMILES string of the molecule is COc1ccc(NC(=O)CSc2ccccc2C(=O)NCCc2ccco2)cc1OC. The molecule has 0 aliphatic heterocycles. The average Bonchev–Trinajstić information content (AvgIpc) is 3.31. The molecule has 0 radical (unpaired) electrons. The van der Waals surface area contributed by atoms with Gasteiger partial charge in [-0.2, -0.15) is 0 Å². The van der Waals surface area contributed by atoms with E-state index in [0.717, 1.165) is 10.7 Å². The van der Waals surface area contributed by atoms with Crippen molar-refractivity contribution in [2.75, 3.05) is 31.8 Å². The van der Waals surface area contributed by atoms with Crippen LogP contribution in [0.1, 0.15) is 16.1 Å². The Morgan fingerprint density at radius 2 is 1.81 bits per heavy atom.